The maximum Gasteiger partial charge on any atom is 0.301 e. The van der Waals surface area contributed by atoms with Gasteiger partial charge in [0.15, 0.2) is 0 Å². The van der Waals surface area contributed by atoms with Gasteiger partial charge in [0, 0.05) is 17.7 Å². The average molecular weight is 318 g/mol. The van der Waals surface area contributed by atoms with Crippen molar-refractivity contribution in [2.75, 3.05) is 5.43 Å². The zero-order valence-corrected chi connectivity index (χ0v) is 12.6. The summed E-state index contributed by atoms with van der Waals surface area (Å²) in [5, 5.41) is 26.1. The van der Waals surface area contributed by atoms with E-state index in [0.717, 1.165) is 43.9 Å². The first-order valence-corrected chi connectivity index (χ1v) is 7.39. The number of nitrogens with one attached hydrogen (secondary N) is 1. The van der Waals surface area contributed by atoms with E-state index >= 15 is 0 Å². The predicted octanol–water partition coefficient (Wildman–Crippen LogP) is 4.04. The average Bonchev–Trinajstić information content (AvgIpc) is 2.54. The van der Waals surface area contributed by atoms with Gasteiger partial charge in [-0.3, -0.25) is 25.7 Å². The van der Waals surface area contributed by atoms with Crippen LogP contribution in [0.15, 0.2) is 36.0 Å². The van der Waals surface area contributed by atoms with Crippen LogP contribution < -0.4 is 5.43 Å². The first-order chi connectivity index (χ1) is 11.0. The van der Waals surface area contributed by atoms with E-state index in [1.807, 2.05) is 6.08 Å². The first-order valence-electron chi connectivity index (χ1n) is 7.39. The molecule has 0 amide bonds. The van der Waals surface area contributed by atoms with E-state index in [2.05, 4.69) is 17.1 Å². The normalized spacial score (nSPS) is 19.3. The van der Waals surface area contributed by atoms with Gasteiger partial charge >= 0.3 is 5.69 Å². The molecule has 1 N–H and O–H groups in total. The molecule has 8 heteroatoms. The smallest absolute Gasteiger partial charge is 0.272 e. The molecule has 1 aliphatic rings. The minimum atomic E-state index is -0.663. The van der Waals surface area contributed by atoms with Gasteiger partial charge in [-0.05, 0) is 31.7 Å². The molecule has 23 heavy (non-hydrogen) atoms. The number of hydrazone groups is 1. The quantitative estimate of drug-likeness (QED) is 0.483. The molecule has 1 saturated carbocycles. The number of allylic oxidation sites excluding steroid dienone is 1. The van der Waals surface area contributed by atoms with Crippen LogP contribution in [-0.2, 0) is 0 Å². The van der Waals surface area contributed by atoms with Crippen LogP contribution in [0.4, 0.5) is 17.1 Å². The summed E-state index contributed by atoms with van der Waals surface area (Å²) in [5.41, 5.74) is 3.14. The summed E-state index contributed by atoms with van der Waals surface area (Å²) in [6.45, 7) is 3.74. The molecule has 0 spiro atoms. The summed E-state index contributed by atoms with van der Waals surface area (Å²) in [6, 6.07) is 3.47. The lowest BCUT2D eigenvalue weighted by Gasteiger charge is -2.22. The molecule has 122 valence electrons. The zero-order chi connectivity index (χ0) is 16.8. The maximum absolute atomic E-state index is 11.1. The zero-order valence-electron chi connectivity index (χ0n) is 12.6. The molecule has 0 aliphatic heterocycles. The number of non-ortho nitro benzene ring substituents is 1. The van der Waals surface area contributed by atoms with Gasteiger partial charge in [-0.2, -0.15) is 5.10 Å². The number of nitro groups is 2. The van der Waals surface area contributed by atoms with E-state index in [1.54, 1.807) is 0 Å². The van der Waals surface area contributed by atoms with Crippen molar-refractivity contribution in [1.82, 2.24) is 0 Å². The summed E-state index contributed by atoms with van der Waals surface area (Å²) in [6.07, 6.45) is 6.70. The highest BCUT2D eigenvalue weighted by Crippen LogP contribution is 2.30. The highest BCUT2D eigenvalue weighted by atomic mass is 16.6. The van der Waals surface area contributed by atoms with Crippen LogP contribution >= 0.6 is 0 Å². The molecule has 2 rings (SSSR count). The Morgan fingerprint density at radius 1 is 1.30 bits per heavy atom. The highest BCUT2D eigenvalue weighted by molar-refractivity contribution is 5.88. The van der Waals surface area contributed by atoms with Crippen molar-refractivity contribution in [2.45, 2.75) is 32.1 Å². The number of hydrogen-bond donors (Lipinski definition) is 1. The van der Waals surface area contributed by atoms with Crippen LogP contribution in [0.5, 0.6) is 0 Å². The van der Waals surface area contributed by atoms with E-state index in [4.69, 9.17) is 0 Å². The topological polar surface area (TPSA) is 111 Å². The van der Waals surface area contributed by atoms with Crippen molar-refractivity contribution in [1.29, 1.82) is 0 Å². The lowest BCUT2D eigenvalue weighted by atomic mass is 9.85. The molecule has 1 aromatic carbocycles. The summed E-state index contributed by atoms with van der Waals surface area (Å²) in [4.78, 5) is 20.5. The van der Waals surface area contributed by atoms with Gasteiger partial charge in [0.05, 0.1) is 15.9 Å². The van der Waals surface area contributed by atoms with Gasteiger partial charge in [-0.1, -0.05) is 12.5 Å². The Kier molecular flexibility index (Phi) is 5.40. The molecule has 0 heterocycles. The van der Waals surface area contributed by atoms with Crippen molar-refractivity contribution in [3.05, 3.63) is 51.1 Å². The third-order valence-corrected chi connectivity index (χ3v) is 3.87. The Morgan fingerprint density at radius 2 is 2.09 bits per heavy atom. The standard InChI is InChI=1S/C15H18N4O4/c1-2-5-11-6-3-4-7-13(11)16-17-14-9-8-12(18(20)21)10-15(14)19(22)23/h2,8-11,17H,1,3-7H2/b16-13-. The van der Waals surface area contributed by atoms with Gasteiger partial charge in [0.25, 0.3) is 5.69 Å². The van der Waals surface area contributed by atoms with Crippen molar-refractivity contribution in [3.63, 3.8) is 0 Å². The Labute approximate surface area is 133 Å². The fourth-order valence-corrected chi connectivity index (χ4v) is 2.68. The van der Waals surface area contributed by atoms with Gasteiger partial charge in [-0.25, -0.2) is 0 Å². The monoisotopic (exact) mass is 318 g/mol. The molecule has 0 aromatic heterocycles. The van der Waals surface area contributed by atoms with Crippen LogP contribution in [0.2, 0.25) is 0 Å². The predicted molar refractivity (Wildman–Crippen MR) is 87.6 cm³/mol. The Balaban J connectivity index is 2.24. The maximum atomic E-state index is 11.1. The van der Waals surface area contributed by atoms with Gasteiger partial charge < -0.3 is 0 Å². The Bertz CT molecular complexity index is 657. The van der Waals surface area contributed by atoms with Gasteiger partial charge in [-0.15, -0.1) is 6.58 Å². The number of anilines is 1. The number of benzene rings is 1. The van der Waals surface area contributed by atoms with Crippen LogP contribution in [0.3, 0.4) is 0 Å². The van der Waals surface area contributed by atoms with E-state index in [1.165, 1.54) is 12.1 Å². The molecular weight excluding hydrogens is 300 g/mol. The van der Waals surface area contributed by atoms with Gasteiger partial charge in [0.1, 0.15) is 5.69 Å². The summed E-state index contributed by atoms with van der Waals surface area (Å²) < 4.78 is 0. The SMILES string of the molecule is C=CCC1CCCC/C1=N/Nc1ccc([N+](=O)[O-])cc1[N+](=O)[O-]. The third kappa shape index (κ3) is 4.12. The van der Waals surface area contributed by atoms with Crippen LogP contribution in [0.25, 0.3) is 0 Å². The fourth-order valence-electron chi connectivity index (χ4n) is 2.68. The van der Waals surface area contributed by atoms with E-state index < -0.39 is 9.85 Å². The molecule has 0 radical (unpaired) electrons. The molecule has 8 nitrogen and oxygen atoms in total. The number of rotatable bonds is 6. The molecule has 1 unspecified atom stereocenters. The van der Waals surface area contributed by atoms with Crippen molar-refractivity contribution in [2.24, 2.45) is 11.0 Å². The van der Waals surface area contributed by atoms with Crippen molar-refractivity contribution < 1.29 is 9.85 Å². The molecule has 1 aromatic rings. The number of nitrogens with zero attached hydrogens (tertiary/aromatic N) is 3. The molecular formula is C15H18N4O4. The van der Waals surface area contributed by atoms with E-state index in [9.17, 15) is 20.2 Å². The van der Waals surface area contributed by atoms with Gasteiger partial charge in [0.2, 0.25) is 0 Å². The summed E-state index contributed by atoms with van der Waals surface area (Å²) in [7, 11) is 0. The van der Waals surface area contributed by atoms with E-state index in [0.29, 0.717) is 5.92 Å². The van der Waals surface area contributed by atoms with Crippen LogP contribution in [0.1, 0.15) is 32.1 Å². The lowest BCUT2D eigenvalue weighted by Crippen LogP contribution is -2.20. The minimum Gasteiger partial charge on any atom is -0.272 e. The molecule has 0 bridgehead atoms. The Morgan fingerprint density at radius 3 is 2.74 bits per heavy atom. The first kappa shape index (κ1) is 16.6. The molecule has 1 atom stereocenters. The second-order valence-electron chi connectivity index (χ2n) is 5.40. The van der Waals surface area contributed by atoms with Crippen molar-refractivity contribution in [3.8, 4) is 0 Å². The van der Waals surface area contributed by atoms with E-state index in [-0.39, 0.29) is 17.1 Å². The summed E-state index contributed by atoms with van der Waals surface area (Å²) in [5.74, 6) is 0.297. The Hall–Kier alpha value is -2.77. The molecule has 1 fully saturated rings. The second-order valence-corrected chi connectivity index (χ2v) is 5.40. The second kappa shape index (κ2) is 7.48. The fraction of sp³-hybridized carbons (Fsp3) is 0.400. The molecule has 0 saturated heterocycles. The number of nitro benzene ring substituents is 2. The molecule has 1 aliphatic carbocycles. The third-order valence-electron chi connectivity index (χ3n) is 3.87. The highest BCUT2D eigenvalue weighted by Gasteiger charge is 2.22. The van der Waals surface area contributed by atoms with Crippen LogP contribution in [0, 0.1) is 26.1 Å². The number of hydrogen-bond acceptors (Lipinski definition) is 6. The largest absolute Gasteiger partial charge is 0.301 e. The minimum absolute atomic E-state index is 0.149. The lowest BCUT2D eigenvalue weighted by molar-refractivity contribution is -0.393. The van der Waals surface area contributed by atoms with Crippen LogP contribution in [-0.4, -0.2) is 15.6 Å². The van der Waals surface area contributed by atoms with Crippen molar-refractivity contribution >= 4 is 22.8 Å². The summed E-state index contributed by atoms with van der Waals surface area (Å²) >= 11 is 0.